The normalized spacial score (nSPS) is 11.1. The molecule has 0 fully saturated rings. The van der Waals surface area contributed by atoms with E-state index in [4.69, 9.17) is 9.40 Å². The Balaban J connectivity index is 1.33. The lowest BCUT2D eigenvalue weighted by Gasteiger charge is -2.17. The number of thiophene rings is 1. The molecule has 0 aliphatic heterocycles. The number of amides is 2. The van der Waals surface area contributed by atoms with Crippen molar-refractivity contribution in [1.82, 2.24) is 24.7 Å². The SMILES string of the molecule is CN(C(=O)c1ccccc1)c1ccc2c(c1)nc(NC(=O)c1ccc(-c3cn[nH]c3)s1)n2Cc1cnco1. The van der Waals surface area contributed by atoms with Gasteiger partial charge in [0, 0.05) is 34.9 Å². The lowest BCUT2D eigenvalue weighted by Crippen LogP contribution is -2.26. The zero-order chi connectivity index (χ0) is 26.1. The number of rotatable bonds is 7. The zero-order valence-electron chi connectivity index (χ0n) is 20.2. The number of fused-ring (bicyclic) bond motifs is 1. The van der Waals surface area contributed by atoms with Crippen molar-refractivity contribution < 1.29 is 14.0 Å². The molecule has 6 rings (SSSR count). The van der Waals surface area contributed by atoms with E-state index in [0.717, 1.165) is 16.0 Å². The highest BCUT2D eigenvalue weighted by atomic mass is 32.1. The number of benzene rings is 2. The Bertz CT molecular complexity index is 1720. The van der Waals surface area contributed by atoms with Crippen LogP contribution in [-0.2, 0) is 6.54 Å². The second kappa shape index (κ2) is 9.79. The summed E-state index contributed by atoms with van der Waals surface area (Å²) in [6.45, 7) is 0.314. The number of hydrogen-bond donors (Lipinski definition) is 2. The van der Waals surface area contributed by atoms with Gasteiger partial charge in [0.15, 0.2) is 6.39 Å². The van der Waals surface area contributed by atoms with Gasteiger partial charge in [0.05, 0.1) is 34.8 Å². The van der Waals surface area contributed by atoms with Crippen LogP contribution in [0.1, 0.15) is 25.8 Å². The summed E-state index contributed by atoms with van der Waals surface area (Å²) in [4.78, 5) is 37.9. The molecule has 4 heterocycles. The maximum Gasteiger partial charge on any atom is 0.268 e. The number of anilines is 2. The topological polar surface area (TPSA) is 122 Å². The number of carbonyl (C=O) groups excluding carboxylic acids is 2. The Kier molecular flexibility index (Phi) is 6.02. The minimum absolute atomic E-state index is 0.134. The van der Waals surface area contributed by atoms with Crippen LogP contribution in [0.5, 0.6) is 0 Å². The van der Waals surface area contributed by atoms with Crippen LogP contribution in [0, 0.1) is 0 Å². The van der Waals surface area contributed by atoms with Gasteiger partial charge in [0.2, 0.25) is 5.95 Å². The number of H-pyrrole nitrogens is 1. The first-order valence-electron chi connectivity index (χ1n) is 11.7. The second-order valence-electron chi connectivity index (χ2n) is 8.50. The first-order chi connectivity index (χ1) is 18.6. The molecule has 4 aromatic heterocycles. The zero-order valence-corrected chi connectivity index (χ0v) is 21.0. The number of nitrogens with one attached hydrogen (secondary N) is 2. The highest BCUT2D eigenvalue weighted by Crippen LogP contribution is 2.30. The molecule has 0 saturated heterocycles. The summed E-state index contributed by atoms with van der Waals surface area (Å²) >= 11 is 1.36. The fraction of sp³-hybridized carbons (Fsp3) is 0.0741. The van der Waals surface area contributed by atoms with Gasteiger partial charge in [-0.15, -0.1) is 11.3 Å². The number of aromatic amines is 1. The van der Waals surface area contributed by atoms with Gasteiger partial charge in [-0.1, -0.05) is 18.2 Å². The van der Waals surface area contributed by atoms with Gasteiger partial charge < -0.3 is 13.9 Å². The predicted octanol–water partition coefficient (Wildman–Crippen LogP) is 5.05. The molecule has 11 heteroatoms. The number of imidazole rings is 1. The van der Waals surface area contributed by atoms with E-state index < -0.39 is 0 Å². The van der Waals surface area contributed by atoms with E-state index in [1.54, 1.807) is 48.7 Å². The molecule has 6 aromatic rings. The molecule has 2 aromatic carbocycles. The minimum Gasteiger partial charge on any atom is -0.447 e. The first-order valence-corrected chi connectivity index (χ1v) is 12.5. The quantitative estimate of drug-likeness (QED) is 0.302. The fourth-order valence-corrected chi connectivity index (χ4v) is 5.00. The molecule has 38 heavy (non-hydrogen) atoms. The van der Waals surface area contributed by atoms with Crippen molar-refractivity contribution in [2.24, 2.45) is 0 Å². The summed E-state index contributed by atoms with van der Waals surface area (Å²) in [7, 11) is 1.72. The third-order valence-corrected chi connectivity index (χ3v) is 7.21. The number of oxazole rings is 1. The van der Waals surface area contributed by atoms with Gasteiger partial charge in [-0.25, -0.2) is 9.97 Å². The monoisotopic (exact) mass is 523 g/mol. The molecule has 188 valence electrons. The molecule has 0 aliphatic rings. The van der Waals surface area contributed by atoms with Crippen molar-refractivity contribution in [3.63, 3.8) is 0 Å². The summed E-state index contributed by atoms with van der Waals surface area (Å²) in [5.74, 6) is 0.550. The standard InChI is InChI=1S/C27H21N7O3S/c1-33(26(36)17-5-3-2-4-6-17)19-7-8-22-21(11-19)31-27(34(22)15-20-14-28-16-37-20)32-25(35)24-10-9-23(38-24)18-12-29-30-13-18/h2-14,16H,15H2,1H3,(H,29,30)(H,31,32,35). The molecule has 0 bridgehead atoms. The van der Waals surface area contributed by atoms with Gasteiger partial charge in [-0.05, 0) is 42.5 Å². The molecular formula is C27H21N7O3S. The van der Waals surface area contributed by atoms with Crippen LogP contribution < -0.4 is 10.2 Å². The van der Waals surface area contributed by atoms with Crippen LogP contribution in [0.3, 0.4) is 0 Å². The van der Waals surface area contributed by atoms with Crippen molar-refractivity contribution >= 4 is 45.8 Å². The van der Waals surface area contributed by atoms with Gasteiger partial charge in [-0.3, -0.25) is 20.0 Å². The van der Waals surface area contributed by atoms with E-state index in [2.05, 4.69) is 20.5 Å². The van der Waals surface area contributed by atoms with E-state index >= 15 is 0 Å². The lowest BCUT2D eigenvalue weighted by atomic mass is 10.2. The molecule has 0 spiro atoms. The van der Waals surface area contributed by atoms with Crippen LogP contribution in [0.4, 0.5) is 11.6 Å². The van der Waals surface area contributed by atoms with E-state index in [0.29, 0.717) is 39.9 Å². The number of nitrogens with zero attached hydrogens (tertiary/aromatic N) is 5. The molecule has 0 aliphatic carbocycles. The van der Waals surface area contributed by atoms with E-state index in [1.165, 1.54) is 17.7 Å². The van der Waals surface area contributed by atoms with Crippen molar-refractivity contribution in [1.29, 1.82) is 0 Å². The summed E-state index contributed by atoms with van der Waals surface area (Å²) < 4.78 is 7.30. The van der Waals surface area contributed by atoms with E-state index in [9.17, 15) is 9.59 Å². The molecule has 0 saturated carbocycles. The van der Waals surface area contributed by atoms with Gasteiger partial charge in [0.1, 0.15) is 5.76 Å². The molecule has 10 nitrogen and oxygen atoms in total. The molecule has 0 radical (unpaired) electrons. The third-order valence-electron chi connectivity index (χ3n) is 6.08. The maximum absolute atomic E-state index is 13.2. The molecule has 2 N–H and O–H groups in total. The Morgan fingerprint density at radius 2 is 1.97 bits per heavy atom. The van der Waals surface area contributed by atoms with Crippen molar-refractivity contribution in [3.05, 3.63) is 102 Å². The van der Waals surface area contributed by atoms with Crippen LogP contribution in [0.15, 0.2) is 90.1 Å². The number of aromatic nitrogens is 5. The Morgan fingerprint density at radius 1 is 1.11 bits per heavy atom. The minimum atomic E-state index is -0.282. The summed E-state index contributed by atoms with van der Waals surface area (Å²) in [6, 6.07) is 18.3. The summed E-state index contributed by atoms with van der Waals surface area (Å²) in [6.07, 6.45) is 6.47. The van der Waals surface area contributed by atoms with Crippen LogP contribution in [-0.4, -0.2) is 43.6 Å². The number of carbonyl (C=O) groups is 2. The highest BCUT2D eigenvalue weighted by molar-refractivity contribution is 7.17. The highest BCUT2D eigenvalue weighted by Gasteiger charge is 2.20. The molecule has 0 unspecified atom stereocenters. The second-order valence-corrected chi connectivity index (χ2v) is 9.58. The molecule has 2 amide bonds. The first kappa shape index (κ1) is 23.4. The van der Waals surface area contributed by atoms with E-state index in [-0.39, 0.29) is 11.8 Å². The van der Waals surface area contributed by atoms with Crippen LogP contribution >= 0.6 is 11.3 Å². The smallest absolute Gasteiger partial charge is 0.268 e. The predicted molar refractivity (Wildman–Crippen MR) is 144 cm³/mol. The summed E-state index contributed by atoms with van der Waals surface area (Å²) in [5.41, 5.74) is 3.57. The lowest BCUT2D eigenvalue weighted by molar-refractivity contribution is 0.0991. The van der Waals surface area contributed by atoms with Crippen molar-refractivity contribution in [2.75, 3.05) is 17.3 Å². The van der Waals surface area contributed by atoms with Gasteiger partial charge in [-0.2, -0.15) is 5.10 Å². The largest absolute Gasteiger partial charge is 0.447 e. The van der Waals surface area contributed by atoms with Gasteiger partial charge in [0.25, 0.3) is 11.8 Å². The Hall–Kier alpha value is -5.03. The summed E-state index contributed by atoms with van der Waals surface area (Å²) in [5, 5.41) is 9.69. The number of hydrogen-bond acceptors (Lipinski definition) is 7. The van der Waals surface area contributed by atoms with Gasteiger partial charge >= 0.3 is 0 Å². The maximum atomic E-state index is 13.2. The average molecular weight is 524 g/mol. The molecule has 0 atom stereocenters. The van der Waals surface area contributed by atoms with Crippen LogP contribution in [0.2, 0.25) is 0 Å². The Morgan fingerprint density at radius 3 is 2.74 bits per heavy atom. The fourth-order valence-electron chi connectivity index (χ4n) is 4.11. The third kappa shape index (κ3) is 4.46. The average Bonchev–Trinajstić information content (AvgIpc) is 3.76. The molecular weight excluding hydrogens is 502 g/mol. The van der Waals surface area contributed by atoms with Crippen molar-refractivity contribution in [3.8, 4) is 10.4 Å². The Labute approximate surface area is 220 Å². The van der Waals surface area contributed by atoms with Crippen LogP contribution in [0.25, 0.3) is 21.5 Å². The van der Waals surface area contributed by atoms with Crippen molar-refractivity contribution in [2.45, 2.75) is 6.54 Å². The van der Waals surface area contributed by atoms with E-state index in [1.807, 2.05) is 47.0 Å².